The molecule has 17 heavy (non-hydrogen) atoms. The summed E-state index contributed by atoms with van der Waals surface area (Å²) in [7, 11) is 0. The van der Waals surface area contributed by atoms with Gasteiger partial charge in [0, 0.05) is 28.4 Å². The second kappa shape index (κ2) is 3.59. The van der Waals surface area contributed by atoms with Crippen molar-refractivity contribution in [2.75, 3.05) is 0 Å². The molecular weight excluding hydrogens is 214 g/mol. The van der Waals surface area contributed by atoms with Gasteiger partial charge in [-0.15, -0.1) is 0 Å². The van der Waals surface area contributed by atoms with E-state index in [1.54, 1.807) is 0 Å². The first kappa shape index (κ1) is 9.84. The maximum absolute atomic E-state index is 11.4. The van der Waals surface area contributed by atoms with E-state index in [1.165, 1.54) is 0 Å². The zero-order chi connectivity index (χ0) is 11.8. The molecule has 3 rings (SSSR count). The molecule has 0 saturated heterocycles. The number of H-pyrrole nitrogens is 2. The molecule has 84 valence electrons. The van der Waals surface area contributed by atoms with E-state index in [2.05, 4.69) is 15.0 Å². The highest BCUT2D eigenvalue weighted by atomic mass is 16.1. The molecule has 1 aromatic carbocycles. The van der Waals surface area contributed by atoms with Crippen LogP contribution in [0, 0.1) is 6.92 Å². The van der Waals surface area contributed by atoms with E-state index in [4.69, 9.17) is 0 Å². The van der Waals surface area contributed by atoms with Crippen molar-refractivity contribution in [1.29, 1.82) is 0 Å². The normalized spacial score (nSPS) is 10.9. The van der Waals surface area contributed by atoms with E-state index in [9.17, 15) is 4.79 Å². The van der Waals surface area contributed by atoms with Gasteiger partial charge in [0.25, 0.3) is 0 Å². The lowest BCUT2D eigenvalue weighted by Gasteiger charge is -1.99. The molecular formula is C13H11N3O. The average molecular weight is 225 g/mol. The molecule has 0 aliphatic heterocycles. The van der Waals surface area contributed by atoms with Crippen LogP contribution in [0.5, 0.6) is 0 Å². The van der Waals surface area contributed by atoms with Crippen LogP contribution in [0.3, 0.4) is 0 Å². The number of aryl methyl sites for hydroxylation is 1. The van der Waals surface area contributed by atoms with Crippen molar-refractivity contribution in [3.8, 4) is 11.3 Å². The summed E-state index contributed by atoms with van der Waals surface area (Å²) in [6, 6.07) is 9.83. The van der Waals surface area contributed by atoms with Gasteiger partial charge < -0.3 is 9.97 Å². The lowest BCUT2D eigenvalue weighted by atomic mass is 10.1. The summed E-state index contributed by atoms with van der Waals surface area (Å²) < 4.78 is 0. The van der Waals surface area contributed by atoms with E-state index < -0.39 is 0 Å². The van der Waals surface area contributed by atoms with Crippen molar-refractivity contribution >= 4 is 10.9 Å². The minimum Gasteiger partial charge on any atom is -0.360 e. The Morgan fingerprint density at radius 2 is 2.06 bits per heavy atom. The number of aromatic amines is 2. The highest BCUT2D eigenvalue weighted by Gasteiger charge is 2.07. The van der Waals surface area contributed by atoms with Crippen LogP contribution < -0.4 is 5.69 Å². The maximum Gasteiger partial charge on any atom is 0.345 e. The first-order chi connectivity index (χ1) is 8.24. The zero-order valence-corrected chi connectivity index (χ0v) is 9.32. The first-order valence-corrected chi connectivity index (χ1v) is 5.38. The Kier molecular flexibility index (Phi) is 2.08. The van der Waals surface area contributed by atoms with Gasteiger partial charge in [-0.25, -0.2) is 4.79 Å². The molecule has 0 aliphatic carbocycles. The van der Waals surface area contributed by atoms with Crippen molar-refractivity contribution in [2.24, 2.45) is 0 Å². The number of aromatic nitrogens is 3. The van der Waals surface area contributed by atoms with Crippen molar-refractivity contribution < 1.29 is 0 Å². The molecule has 2 aromatic heterocycles. The highest BCUT2D eigenvalue weighted by molar-refractivity contribution is 5.94. The van der Waals surface area contributed by atoms with Gasteiger partial charge in [-0.2, -0.15) is 4.98 Å². The topological polar surface area (TPSA) is 61.5 Å². The lowest BCUT2D eigenvalue weighted by Crippen LogP contribution is -2.11. The molecule has 0 aliphatic rings. The predicted octanol–water partition coefficient (Wildman–Crippen LogP) is 2.23. The Balaban J connectivity index is 2.30. The fourth-order valence-electron chi connectivity index (χ4n) is 2.00. The van der Waals surface area contributed by atoms with Crippen molar-refractivity contribution in [1.82, 2.24) is 15.0 Å². The first-order valence-electron chi connectivity index (χ1n) is 5.38. The van der Waals surface area contributed by atoms with Gasteiger partial charge in [-0.3, -0.25) is 0 Å². The largest absolute Gasteiger partial charge is 0.360 e. The highest BCUT2D eigenvalue weighted by Crippen LogP contribution is 2.26. The van der Waals surface area contributed by atoms with Crippen molar-refractivity contribution in [2.45, 2.75) is 6.92 Å². The fraction of sp³-hybridized carbons (Fsp3) is 0.0769. The zero-order valence-electron chi connectivity index (χ0n) is 9.32. The van der Waals surface area contributed by atoms with E-state index >= 15 is 0 Å². The minimum atomic E-state index is -0.315. The molecule has 0 amide bonds. The Hall–Kier alpha value is -2.36. The van der Waals surface area contributed by atoms with Crippen LogP contribution in [0.25, 0.3) is 22.2 Å². The molecule has 0 spiro atoms. The molecule has 4 heteroatoms. The second-order valence-electron chi connectivity index (χ2n) is 4.00. The summed E-state index contributed by atoms with van der Waals surface area (Å²) in [6.07, 6.45) is 1.88. The monoisotopic (exact) mass is 225 g/mol. The van der Waals surface area contributed by atoms with Crippen molar-refractivity contribution in [3.63, 3.8) is 0 Å². The number of hydrogen-bond donors (Lipinski definition) is 2. The van der Waals surface area contributed by atoms with Gasteiger partial charge in [-0.05, 0) is 19.1 Å². The van der Waals surface area contributed by atoms with E-state index in [0.29, 0.717) is 5.69 Å². The van der Waals surface area contributed by atoms with Gasteiger partial charge in [0.1, 0.15) is 0 Å². The van der Waals surface area contributed by atoms with Gasteiger partial charge in [0.15, 0.2) is 0 Å². The maximum atomic E-state index is 11.4. The van der Waals surface area contributed by atoms with Crippen LogP contribution in [-0.2, 0) is 0 Å². The number of fused-ring (bicyclic) bond motifs is 1. The molecule has 0 unspecified atom stereocenters. The smallest absolute Gasteiger partial charge is 0.345 e. The predicted molar refractivity (Wildman–Crippen MR) is 66.9 cm³/mol. The number of nitrogens with one attached hydrogen (secondary N) is 2. The van der Waals surface area contributed by atoms with E-state index in [0.717, 1.165) is 22.2 Å². The Morgan fingerprint density at radius 1 is 1.24 bits per heavy atom. The molecule has 0 fully saturated rings. The third-order valence-electron chi connectivity index (χ3n) is 2.74. The molecule has 3 aromatic rings. The standard InChI is InChI=1S/C13H11N3O/c1-8-6-12(16-13(17)15-8)10-7-14-11-5-3-2-4-9(10)11/h2-7,14H,1H3,(H,15,16,17). The lowest BCUT2D eigenvalue weighted by molar-refractivity contribution is 1.03. The van der Waals surface area contributed by atoms with Gasteiger partial charge >= 0.3 is 5.69 Å². The second-order valence-corrected chi connectivity index (χ2v) is 4.00. The van der Waals surface area contributed by atoms with Crippen LogP contribution in [0.1, 0.15) is 5.69 Å². The summed E-state index contributed by atoms with van der Waals surface area (Å²) in [4.78, 5) is 21.2. The quantitative estimate of drug-likeness (QED) is 0.667. The average Bonchev–Trinajstić information content (AvgIpc) is 2.71. The molecule has 2 heterocycles. The number of benzene rings is 1. The number of rotatable bonds is 1. The third-order valence-corrected chi connectivity index (χ3v) is 2.74. The Bertz CT molecular complexity index is 740. The number of nitrogens with zero attached hydrogens (tertiary/aromatic N) is 1. The summed E-state index contributed by atoms with van der Waals surface area (Å²) in [5, 5.41) is 1.07. The van der Waals surface area contributed by atoms with Crippen LogP contribution in [0.15, 0.2) is 41.3 Å². The van der Waals surface area contributed by atoms with Crippen LogP contribution in [-0.4, -0.2) is 15.0 Å². The summed E-state index contributed by atoms with van der Waals surface area (Å²) in [5.41, 5.74) is 3.19. The van der Waals surface area contributed by atoms with Crippen LogP contribution in [0.4, 0.5) is 0 Å². The molecule has 0 saturated carbocycles. The number of para-hydroxylation sites is 1. The Morgan fingerprint density at radius 3 is 2.88 bits per heavy atom. The summed E-state index contributed by atoms with van der Waals surface area (Å²) in [5.74, 6) is 0. The molecule has 2 N–H and O–H groups in total. The Labute approximate surface area is 97.3 Å². The van der Waals surface area contributed by atoms with Crippen LogP contribution >= 0.6 is 0 Å². The molecule has 0 bridgehead atoms. The molecule has 4 nitrogen and oxygen atoms in total. The third kappa shape index (κ3) is 1.63. The van der Waals surface area contributed by atoms with Gasteiger partial charge in [0.05, 0.1) is 5.69 Å². The SMILES string of the molecule is Cc1cc(-c2c[nH]c3ccccc23)nc(=O)[nH]1. The summed E-state index contributed by atoms with van der Waals surface area (Å²) >= 11 is 0. The van der Waals surface area contributed by atoms with Crippen LogP contribution in [0.2, 0.25) is 0 Å². The molecule has 0 radical (unpaired) electrons. The minimum absolute atomic E-state index is 0.315. The molecule has 0 atom stereocenters. The summed E-state index contributed by atoms with van der Waals surface area (Å²) in [6.45, 7) is 1.85. The van der Waals surface area contributed by atoms with E-state index in [-0.39, 0.29) is 5.69 Å². The van der Waals surface area contributed by atoms with E-state index in [1.807, 2.05) is 43.5 Å². The number of hydrogen-bond acceptors (Lipinski definition) is 2. The van der Waals surface area contributed by atoms with Gasteiger partial charge in [0.2, 0.25) is 0 Å². The van der Waals surface area contributed by atoms with Crippen molar-refractivity contribution in [3.05, 3.63) is 52.7 Å². The van der Waals surface area contributed by atoms with Gasteiger partial charge in [-0.1, -0.05) is 18.2 Å². The fourth-order valence-corrected chi connectivity index (χ4v) is 2.00.